The average Bonchev–Trinajstić information content (AvgIpc) is 3.18. The Morgan fingerprint density at radius 2 is 1.79 bits per heavy atom. The van der Waals surface area contributed by atoms with E-state index in [4.69, 9.17) is 9.88 Å². The smallest absolute Gasteiger partial charge is 0.329 e. The minimum absolute atomic E-state index is 0.0222. The van der Waals surface area contributed by atoms with Crippen LogP contribution in [0.1, 0.15) is 35.3 Å². The van der Waals surface area contributed by atoms with E-state index in [9.17, 15) is 22.8 Å². The third-order valence-corrected chi connectivity index (χ3v) is 6.35. The summed E-state index contributed by atoms with van der Waals surface area (Å²) in [6.07, 6.45) is 0.458. The molecule has 176 valence electrons. The molecule has 10 heteroatoms. The third kappa shape index (κ3) is 5.77. The Labute approximate surface area is 193 Å². The first-order chi connectivity index (χ1) is 15.5. The van der Waals surface area contributed by atoms with Crippen LogP contribution in [0.2, 0.25) is 0 Å². The van der Waals surface area contributed by atoms with Crippen LogP contribution in [0.5, 0.6) is 0 Å². The van der Waals surface area contributed by atoms with Gasteiger partial charge in [-0.15, -0.1) is 0 Å². The molecule has 1 aliphatic heterocycles. The summed E-state index contributed by atoms with van der Waals surface area (Å²) in [6.45, 7) is 5.27. The molecule has 0 saturated heterocycles. The number of primary sulfonamides is 1. The Hall–Kier alpha value is -3.24. The van der Waals surface area contributed by atoms with Gasteiger partial charge >= 0.3 is 5.97 Å². The summed E-state index contributed by atoms with van der Waals surface area (Å²) in [5.74, 6) is -1.82. The van der Waals surface area contributed by atoms with Gasteiger partial charge in [-0.1, -0.05) is 31.5 Å². The Morgan fingerprint density at radius 1 is 1.12 bits per heavy atom. The van der Waals surface area contributed by atoms with Crippen LogP contribution < -0.4 is 15.4 Å². The van der Waals surface area contributed by atoms with Crippen molar-refractivity contribution in [3.05, 3.63) is 59.2 Å². The summed E-state index contributed by atoms with van der Waals surface area (Å²) in [5.41, 5.74) is 2.65. The number of hydrogen-bond donors (Lipinski definition) is 2. The highest BCUT2D eigenvalue weighted by atomic mass is 32.2. The van der Waals surface area contributed by atoms with Crippen molar-refractivity contribution in [2.75, 3.05) is 18.1 Å². The van der Waals surface area contributed by atoms with Crippen molar-refractivity contribution in [1.82, 2.24) is 5.32 Å². The lowest BCUT2D eigenvalue weighted by molar-refractivity contribution is -0.150. The van der Waals surface area contributed by atoms with Crippen molar-refractivity contribution in [2.45, 2.75) is 38.1 Å². The van der Waals surface area contributed by atoms with Crippen LogP contribution in [0.4, 0.5) is 5.69 Å². The molecule has 0 spiro atoms. The van der Waals surface area contributed by atoms with E-state index in [-0.39, 0.29) is 10.8 Å². The number of anilines is 1. The van der Waals surface area contributed by atoms with E-state index < -0.39 is 40.5 Å². The lowest BCUT2D eigenvalue weighted by Crippen LogP contribution is -2.46. The second kappa shape index (κ2) is 9.72. The molecule has 1 atom stereocenters. The number of nitrogens with zero attached hydrogens (tertiary/aromatic N) is 1. The van der Waals surface area contributed by atoms with Gasteiger partial charge in [-0.05, 0) is 55.2 Å². The molecule has 0 aromatic heterocycles. The quantitative estimate of drug-likeness (QED) is 0.586. The summed E-state index contributed by atoms with van der Waals surface area (Å²) in [5, 5.41) is 7.84. The molecule has 2 amide bonds. The van der Waals surface area contributed by atoms with E-state index in [0.29, 0.717) is 29.8 Å². The maximum atomic E-state index is 12.7. The summed E-state index contributed by atoms with van der Waals surface area (Å²) in [6, 6.07) is 10.3. The number of nitrogens with two attached hydrogens (primary N) is 1. The number of aryl methyl sites for hydroxylation is 1. The molecule has 3 N–H and O–H groups in total. The number of ether oxygens (including phenoxy) is 1. The van der Waals surface area contributed by atoms with Gasteiger partial charge in [0, 0.05) is 17.8 Å². The molecule has 33 heavy (non-hydrogen) atoms. The standard InChI is InChI=1S/C23H27N3O6S/c1-14(2)21(25-22(28)16-6-4-15(3)5-7-16)23(29)32-13-20(27)26-11-10-17-12-18(33(24,30)31)8-9-19(17)26/h4-9,12,14,21H,10-11,13H2,1-3H3,(H,25,28)(H2,24,30,31)/t21-/m0/s1. The van der Waals surface area contributed by atoms with Crippen molar-refractivity contribution >= 4 is 33.5 Å². The first-order valence-electron chi connectivity index (χ1n) is 10.5. The average molecular weight is 474 g/mol. The minimum atomic E-state index is -3.84. The molecule has 1 heterocycles. The van der Waals surface area contributed by atoms with Gasteiger partial charge in [-0.3, -0.25) is 9.59 Å². The van der Waals surface area contributed by atoms with Crippen LogP contribution in [0, 0.1) is 12.8 Å². The number of carbonyl (C=O) groups is 3. The second-order valence-electron chi connectivity index (χ2n) is 8.30. The Kier molecular flexibility index (Phi) is 7.19. The lowest BCUT2D eigenvalue weighted by Gasteiger charge is -2.22. The molecule has 1 aliphatic rings. The van der Waals surface area contributed by atoms with Gasteiger partial charge in [0.2, 0.25) is 10.0 Å². The van der Waals surface area contributed by atoms with E-state index in [1.54, 1.807) is 38.1 Å². The number of hydrogen-bond acceptors (Lipinski definition) is 6. The second-order valence-corrected chi connectivity index (χ2v) is 9.86. The molecule has 3 rings (SSSR count). The third-order valence-electron chi connectivity index (χ3n) is 5.43. The highest BCUT2D eigenvalue weighted by Gasteiger charge is 2.30. The summed E-state index contributed by atoms with van der Waals surface area (Å²) >= 11 is 0. The van der Waals surface area contributed by atoms with Gasteiger partial charge in [-0.25, -0.2) is 18.4 Å². The lowest BCUT2D eigenvalue weighted by atomic mass is 10.0. The van der Waals surface area contributed by atoms with Gasteiger partial charge < -0.3 is 15.0 Å². The number of carbonyl (C=O) groups excluding carboxylic acids is 3. The van der Waals surface area contributed by atoms with E-state index >= 15 is 0 Å². The molecule has 0 unspecified atom stereocenters. The number of amides is 2. The number of benzene rings is 2. The first kappa shape index (κ1) is 24.4. The van der Waals surface area contributed by atoms with Gasteiger partial charge in [0.25, 0.3) is 11.8 Å². The minimum Gasteiger partial charge on any atom is -0.454 e. The van der Waals surface area contributed by atoms with Crippen molar-refractivity contribution in [3.8, 4) is 0 Å². The molecule has 2 aromatic carbocycles. The van der Waals surface area contributed by atoms with Crippen molar-refractivity contribution < 1.29 is 27.5 Å². The number of fused-ring (bicyclic) bond motifs is 1. The number of nitrogens with one attached hydrogen (secondary N) is 1. The molecule has 0 saturated carbocycles. The van der Waals surface area contributed by atoms with Crippen LogP contribution in [0.25, 0.3) is 0 Å². The SMILES string of the molecule is Cc1ccc(C(=O)N[C@H](C(=O)OCC(=O)N2CCc3cc(S(N)(=O)=O)ccc32)C(C)C)cc1. The van der Waals surface area contributed by atoms with Gasteiger partial charge in [0.15, 0.2) is 6.61 Å². The molecule has 0 aliphatic carbocycles. The Bertz CT molecular complexity index is 1180. The zero-order valence-electron chi connectivity index (χ0n) is 18.7. The van der Waals surface area contributed by atoms with E-state index in [2.05, 4.69) is 5.32 Å². The van der Waals surface area contributed by atoms with E-state index in [0.717, 1.165) is 5.56 Å². The number of esters is 1. The maximum Gasteiger partial charge on any atom is 0.329 e. The zero-order valence-corrected chi connectivity index (χ0v) is 19.5. The van der Waals surface area contributed by atoms with E-state index in [1.807, 2.05) is 6.92 Å². The van der Waals surface area contributed by atoms with Crippen molar-refractivity contribution in [1.29, 1.82) is 0 Å². The summed E-state index contributed by atoms with van der Waals surface area (Å²) in [4.78, 5) is 39.2. The molecule has 0 radical (unpaired) electrons. The first-order valence-corrected chi connectivity index (χ1v) is 12.0. The zero-order chi connectivity index (χ0) is 24.3. The number of rotatable bonds is 7. The largest absolute Gasteiger partial charge is 0.454 e. The molecular formula is C23H27N3O6S. The monoisotopic (exact) mass is 473 g/mol. The molecule has 9 nitrogen and oxygen atoms in total. The summed E-state index contributed by atoms with van der Waals surface area (Å²) in [7, 11) is -3.84. The predicted molar refractivity (Wildman–Crippen MR) is 122 cm³/mol. The Balaban J connectivity index is 1.63. The maximum absolute atomic E-state index is 12.7. The fourth-order valence-corrected chi connectivity index (χ4v) is 4.11. The predicted octanol–water partition coefficient (Wildman–Crippen LogP) is 1.53. The van der Waals surface area contributed by atoms with Crippen LogP contribution in [-0.4, -0.2) is 45.4 Å². The van der Waals surface area contributed by atoms with Crippen molar-refractivity contribution in [3.63, 3.8) is 0 Å². The Morgan fingerprint density at radius 3 is 2.39 bits per heavy atom. The molecule has 0 fully saturated rings. The fourth-order valence-electron chi connectivity index (χ4n) is 3.54. The highest BCUT2D eigenvalue weighted by molar-refractivity contribution is 7.89. The van der Waals surface area contributed by atoms with Gasteiger partial charge in [0.1, 0.15) is 6.04 Å². The van der Waals surface area contributed by atoms with Gasteiger partial charge in [-0.2, -0.15) is 0 Å². The van der Waals surface area contributed by atoms with Crippen LogP contribution in [0.3, 0.4) is 0 Å². The number of sulfonamides is 1. The van der Waals surface area contributed by atoms with Crippen LogP contribution >= 0.6 is 0 Å². The van der Waals surface area contributed by atoms with Crippen LogP contribution in [0.15, 0.2) is 47.4 Å². The normalized spacial score (nSPS) is 14.0. The topological polar surface area (TPSA) is 136 Å². The molecule has 2 aromatic rings. The summed E-state index contributed by atoms with van der Waals surface area (Å²) < 4.78 is 28.3. The molecular weight excluding hydrogens is 446 g/mol. The van der Waals surface area contributed by atoms with Crippen LogP contribution in [-0.2, 0) is 30.8 Å². The fraction of sp³-hybridized carbons (Fsp3) is 0.348. The highest BCUT2D eigenvalue weighted by Crippen LogP contribution is 2.30. The van der Waals surface area contributed by atoms with Crippen molar-refractivity contribution in [2.24, 2.45) is 11.1 Å². The van der Waals surface area contributed by atoms with Gasteiger partial charge in [0.05, 0.1) is 4.90 Å². The molecule has 0 bridgehead atoms. The van der Waals surface area contributed by atoms with E-state index in [1.165, 1.54) is 23.1 Å².